The molecule has 2 aromatic carbocycles. The van der Waals surface area contributed by atoms with Gasteiger partial charge >= 0.3 is 0 Å². The molecule has 0 aliphatic carbocycles. The number of benzene rings is 2. The van der Waals surface area contributed by atoms with E-state index in [1.165, 1.54) is 0 Å². The number of nitrogens with two attached hydrogens (primary N) is 1. The summed E-state index contributed by atoms with van der Waals surface area (Å²) in [6, 6.07) is 15.8. The average molecular weight is 325 g/mol. The van der Waals surface area contributed by atoms with Crippen LogP contribution in [0.4, 0.5) is 5.69 Å². The molecule has 82 valence electrons. The van der Waals surface area contributed by atoms with Gasteiger partial charge in [-0.1, -0.05) is 30.3 Å². The van der Waals surface area contributed by atoms with Gasteiger partial charge in [-0.15, -0.1) is 0 Å². The second-order valence-electron chi connectivity index (χ2n) is 3.46. The van der Waals surface area contributed by atoms with E-state index < -0.39 is 0 Å². The Labute approximate surface area is 109 Å². The third-order valence-electron chi connectivity index (χ3n) is 2.21. The molecular weight excluding hydrogens is 313 g/mol. The lowest BCUT2D eigenvalue weighted by atomic mass is 10.2. The molecule has 0 amide bonds. The number of ether oxygens (including phenoxy) is 1. The highest BCUT2D eigenvalue weighted by atomic mass is 127. The summed E-state index contributed by atoms with van der Waals surface area (Å²) >= 11 is 2.23. The van der Waals surface area contributed by atoms with Crippen molar-refractivity contribution in [2.45, 2.75) is 6.61 Å². The summed E-state index contributed by atoms with van der Waals surface area (Å²) in [4.78, 5) is 0. The minimum absolute atomic E-state index is 0.547. The predicted molar refractivity (Wildman–Crippen MR) is 74.3 cm³/mol. The molecule has 2 nitrogen and oxygen atoms in total. The van der Waals surface area contributed by atoms with Gasteiger partial charge in [0.15, 0.2) is 0 Å². The van der Waals surface area contributed by atoms with Crippen LogP contribution in [0.15, 0.2) is 48.5 Å². The highest BCUT2D eigenvalue weighted by molar-refractivity contribution is 14.1. The fourth-order valence-corrected chi connectivity index (χ4v) is 1.90. The monoisotopic (exact) mass is 325 g/mol. The Bertz CT molecular complexity index is 471. The maximum Gasteiger partial charge on any atom is 0.142 e. The number of nitrogen functional groups attached to an aromatic ring is 1. The van der Waals surface area contributed by atoms with Crippen LogP contribution in [0.2, 0.25) is 0 Å². The van der Waals surface area contributed by atoms with Crippen LogP contribution in [0.1, 0.15) is 5.56 Å². The summed E-state index contributed by atoms with van der Waals surface area (Å²) in [7, 11) is 0. The summed E-state index contributed by atoms with van der Waals surface area (Å²) in [5.41, 5.74) is 7.68. The lowest BCUT2D eigenvalue weighted by molar-refractivity contribution is 0.308. The van der Waals surface area contributed by atoms with Crippen molar-refractivity contribution in [1.29, 1.82) is 0 Å². The number of rotatable bonds is 3. The van der Waals surface area contributed by atoms with Crippen LogP contribution < -0.4 is 10.5 Å². The average Bonchev–Trinajstić information content (AvgIpc) is 2.29. The Kier molecular flexibility index (Phi) is 3.66. The first-order chi connectivity index (χ1) is 7.75. The van der Waals surface area contributed by atoms with E-state index in [0.29, 0.717) is 12.3 Å². The molecule has 0 saturated heterocycles. The van der Waals surface area contributed by atoms with Gasteiger partial charge in [0.2, 0.25) is 0 Å². The molecule has 16 heavy (non-hydrogen) atoms. The van der Waals surface area contributed by atoms with E-state index in [1.54, 1.807) is 0 Å². The third-order valence-corrected chi connectivity index (χ3v) is 2.88. The van der Waals surface area contributed by atoms with Gasteiger partial charge in [-0.05, 0) is 46.4 Å². The third kappa shape index (κ3) is 2.88. The van der Waals surface area contributed by atoms with E-state index in [9.17, 15) is 0 Å². The van der Waals surface area contributed by atoms with E-state index in [-0.39, 0.29) is 0 Å². The Hall–Kier alpha value is -1.23. The first kappa shape index (κ1) is 11.3. The normalized spacial score (nSPS) is 10.1. The second kappa shape index (κ2) is 5.21. The lowest BCUT2D eigenvalue weighted by Crippen LogP contribution is -1.98. The van der Waals surface area contributed by atoms with Crippen molar-refractivity contribution in [1.82, 2.24) is 0 Å². The minimum Gasteiger partial charge on any atom is -0.487 e. The number of hydrogen-bond acceptors (Lipinski definition) is 2. The Balaban J connectivity index is 2.05. The van der Waals surface area contributed by atoms with Crippen molar-refractivity contribution >= 4 is 28.3 Å². The molecule has 0 radical (unpaired) electrons. The molecule has 0 saturated carbocycles. The van der Waals surface area contributed by atoms with Gasteiger partial charge in [0.25, 0.3) is 0 Å². The summed E-state index contributed by atoms with van der Waals surface area (Å²) in [5, 5.41) is 0. The molecule has 2 N–H and O–H groups in total. The van der Waals surface area contributed by atoms with Crippen molar-refractivity contribution in [3.63, 3.8) is 0 Å². The van der Waals surface area contributed by atoms with Crippen LogP contribution in [0, 0.1) is 3.57 Å². The Morgan fingerprint density at radius 3 is 2.50 bits per heavy atom. The smallest absolute Gasteiger partial charge is 0.142 e. The van der Waals surface area contributed by atoms with Gasteiger partial charge < -0.3 is 10.5 Å². The highest BCUT2D eigenvalue weighted by Gasteiger charge is 2.00. The largest absolute Gasteiger partial charge is 0.487 e. The van der Waals surface area contributed by atoms with Crippen molar-refractivity contribution in [3.05, 3.63) is 57.7 Å². The van der Waals surface area contributed by atoms with Crippen LogP contribution in [-0.2, 0) is 6.61 Å². The van der Waals surface area contributed by atoms with Crippen LogP contribution in [0.5, 0.6) is 5.75 Å². The number of hydrogen-bond donors (Lipinski definition) is 1. The first-order valence-corrected chi connectivity index (χ1v) is 6.05. The van der Waals surface area contributed by atoms with Crippen LogP contribution >= 0.6 is 22.6 Å². The number of anilines is 1. The Morgan fingerprint density at radius 2 is 1.81 bits per heavy atom. The van der Waals surface area contributed by atoms with E-state index in [2.05, 4.69) is 22.6 Å². The molecule has 2 rings (SSSR count). The van der Waals surface area contributed by atoms with Crippen molar-refractivity contribution < 1.29 is 4.74 Å². The quantitative estimate of drug-likeness (QED) is 0.693. The minimum atomic E-state index is 0.547. The fraction of sp³-hybridized carbons (Fsp3) is 0.0769. The standard InChI is InChI=1S/C13H12INO/c14-11-6-7-13(12(15)8-11)16-9-10-4-2-1-3-5-10/h1-8H,9,15H2. The molecule has 0 fully saturated rings. The van der Waals surface area contributed by atoms with Crippen LogP contribution in [-0.4, -0.2) is 0 Å². The van der Waals surface area contributed by atoms with E-state index >= 15 is 0 Å². The summed E-state index contributed by atoms with van der Waals surface area (Å²) < 4.78 is 6.76. The van der Waals surface area contributed by atoms with Gasteiger partial charge in [0.1, 0.15) is 12.4 Å². The van der Waals surface area contributed by atoms with Crippen LogP contribution in [0.25, 0.3) is 0 Å². The van der Waals surface area contributed by atoms with Gasteiger partial charge in [0.05, 0.1) is 5.69 Å². The molecule has 2 aromatic rings. The summed E-state index contributed by atoms with van der Waals surface area (Å²) in [6.45, 7) is 0.547. The summed E-state index contributed by atoms with van der Waals surface area (Å²) in [6.07, 6.45) is 0. The number of halogens is 1. The molecule has 0 heterocycles. The molecule has 0 unspecified atom stereocenters. The molecule has 0 aliphatic heterocycles. The molecule has 0 atom stereocenters. The summed E-state index contributed by atoms with van der Waals surface area (Å²) in [5.74, 6) is 0.740. The maximum atomic E-state index is 5.86. The Morgan fingerprint density at radius 1 is 1.06 bits per heavy atom. The van der Waals surface area contributed by atoms with Crippen molar-refractivity contribution in [2.24, 2.45) is 0 Å². The molecule has 0 spiro atoms. The topological polar surface area (TPSA) is 35.2 Å². The van der Waals surface area contributed by atoms with Crippen molar-refractivity contribution in [2.75, 3.05) is 5.73 Å². The molecule has 3 heteroatoms. The molecule has 0 aromatic heterocycles. The van der Waals surface area contributed by atoms with E-state index in [4.69, 9.17) is 10.5 Å². The molecular formula is C13H12INO. The zero-order valence-corrected chi connectivity index (χ0v) is 10.8. The van der Waals surface area contributed by atoms with Gasteiger partial charge in [-0.3, -0.25) is 0 Å². The van der Waals surface area contributed by atoms with Gasteiger partial charge in [-0.2, -0.15) is 0 Å². The highest BCUT2D eigenvalue weighted by Crippen LogP contribution is 2.24. The van der Waals surface area contributed by atoms with Crippen molar-refractivity contribution in [3.8, 4) is 5.75 Å². The second-order valence-corrected chi connectivity index (χ2v) is 4.70. The van der Waals surface area contributed by atoms with E-state index in [1.807, 2.05) is 48.5 Å². The fourth-order valence-electron chi connectivity index (χ4n) is 1.39. The molecule has 0 aliphatic rings. The van der Waals surface area contributed by atoms with E-state index in [0.717, 1.165) is 14.9 Å². The van der Waals surface area contributed by atoms with Gasteiger partial charge in [-0.25, -0.2) is 0 Å². The first-order valence-electron chi connectivity index (χ1n) is 4.97. The zero-order chi connectivity index (χ0) is 11.4. The SMILES string of the molecule is Nc1cc(I)ccc1OCc1ccccc1. The predicted octanol–water partition coefficient (Wildman–Crippen LogP) is 3.45. The zero-order valence-electron chi connectivity index (χ0n) is 8.69. The maximum absolute atomic E-state index is 5.86. The van der Waals surface area contributed by atoms with Gasteiger partial charge in [0, 0.05) is 3.57 Å². The molecule has 0 bridgehead atoms. The lowest BCUT2D eigenvalue weighted by Gasteiger charge is -2.08. The van der Waals surface area contributed by atoms with Crippen LogP contribution in [0.3, 0.4) is 0 Å².